The van der Waals surface area contributed by atoms with E-state index in [9.17, 15) is 0 Å². The summed E-state index contributed by atoms with van der Waals surface area (Å²) in [7, 11) is 1.80. The smallest absolute Gasteiger partial charge is 0.124 e. The van der Waals surface area contributed by atoms with E-state index in [-0.39, 0.29) is 12.1 Å². The number of rotatable bonds is 6. The van der Waals surface area contributed by atoms with Crippen LogP contribution in [0.1, 0.15) is 51.1 Å². The van der Waals surface area contributed by atoms with Crippen molar-refractivity contribution in [3.8, 4) is 5.75 Å². The minimum Gasteiger partial charge on any atom is -0.490 e. The van der Waals surface area contributed by atoms with Crippen molar-refractivity contribution in [1.29, 1.82) is 0 Å². The Hall–Kier alpha value is -0.580. The van der Waals surface area contributed by atoms with Crippen molar-refractivity contribution in [2.75, 3.05) is 13.7 Å². The van der Waals surface area contributed by atoms with Crippen LogP contribution in [0.25, 0.3) is 0 Å². The third-order valence-corrected chi connectivity index (χ3v) is 4.65. The zero-order valence-electron chi connectivity index (χ0n) is 13.2. The molecule has 0 bridgehead atoms. The second-order valence-corrected chi connectivity index (χ2v) is 6.64. The summed E-state index contributed by atoms with van der Waals surface area (Å²) in [6.07, 6.45) is 5.04. The summed E-state index contributed by atoms with van der Waals surface area (Å²) in [5.41, 5.74) is 1.21. The summed E-state index contributed by atoms with van der Waals surface area (Å²) in [6, 6.07) is 6.56. The highest BCUT2D eigenvalue weighted by Gasteiger charge is 2.24. The van der Waals surface area contributed by atoms with Gasteiger partial charge in [0.05, 0.1) is 6.10 Å². The van der Waals surface area contributed by atoms with Gasteiger partial charge in [0.25, 0.3) is 0 Å². The van der Waals surface area contributed by atoms with E-state index in [0.29, 0.717) is 6.10 Å². The van der Waals surface area contributed by atoms with E-state index >= 15 is 0 Å². The Kier molecular flexibility index (Phi) is 6.52. The van der Waals surface area contributed by atoms with Gasteiger partial charge >= 0.3 is 0 Å². The van der Waals surface area contributed by atoms with E-state index in [0.717, 1.165) is 36.0 Å². The van der Waals surface area contributed by atoms with E-state index in [1.807, 2.05) is 6.07 Å². The Labute approximate surface area is 136 Å². The van der Waals surface area contributed by atoms with E-state index in [2.05, 4.69) is 47.2 Å². The second kappa shape index (κ2) is 8.16. The number of benzene rings is 1. The maximum atomic E-state index is 6.30. The first-order valence-corrected chi connectivity index (χ1v) is 8.65. The van der Waals surface area contributed by atoms with Crippen molar-refractivity contribution < 1.29 is 9.47 Å². The van der Waals surface area contributed by atoms with Crippen LogP contribution in [0.15, 0.2) is 22.7 Å². The molecule has 0 aromatic heterocycles. The zero-order chi connectivity index (χ0) is 15.2. The van der Waals surface area contributed by atoms with Gasteiger partial charge in [0.15, 0.2) is 0 Å². The molecule has 1 aliphatic rings. The molecule has 3 nitrogen and oxygen atoms in total. The lowest BCUT2D eigenvalue weighted by molar-refractivity contribution is 0.0205. The summed E-state index contributed by atoms with van der Waals surface area (Å²) in [5.74, 6) is 0.994. The number of ether oxygens (including phenoxy) is 2. The standard InChI is InChI=1S/C17H26BrNO2/c1-4-19-12(2)16-10-13(18)8-9-17(16)21-15-7-5-6-14(11-15)20-3/h8-10,12,14-15,19H,4-7,11H2,1-3H3. The van der Waals surface area contributed by atoms with Crippen molar-refractivity contribution in [3.05, 3.63) is 28.2 Å². The van der Waals surface area contributed by atoms with E-state index in [1.165, 1.54) is 12.0 Å². The van der Waals surface area contributed by atoms with E-state index in [4.69, 9.17) is 9.47 Å². The Bertz CT molecular complexity index is 452. The molecular formula is C17H26BrNO2. The molecule has 0 spiro atoms. The second-order valence-electron chi connectivity index (χ2n) is 5.73. The molecule has 0 aliphatic heterocycles. The van der Waals surface area contributed by atoms with Crippen LogP contribution in [-0.4, -0.2) is 25.9 Å². The molecule has 2 rings (SSSR count). The number of hydrogen-bond acceptors (Lipinski definition) is 3. The van der Waals surface area contributed by atoms with Crippen LogP contribution in [0.4, 0.5) is 0 Å². The lowest BCUT2D eigenvalue weighted by Gasteiger charge is -2.30. The highest BCUT2D eigenvalue weighted by molar-refractivity contribution is 9.10. The van der Waals surface area contributed by atoms with E-state index < -0.39 is 0 Å². The topological polar surface area (TPSA) is 30.5 Å². The zero-order valence-corrected chi connectivity index (χ0v) is 14.8. The Balaban J connectivity index is 2.11. The number of methoxy groups -OCH3 is 1. The largest absolute Gasteiger partial charge is 0.490 e. The minimum absolute atomic E-state index is 0.262. The molecule has 3 atom stereocenters. The van der Waals surface area contributed by atoms with Crippen molar-refractivity contribution in [2.24, 2.45) is 0 Å². The molecular weight excluding hydrogens is 330 g/mol. The quantitative estimate of drug-likeness (QED) is 0.817. The Morgan fingerprint density at radius 3 is 2.81 bits per heavy atom. The average Bonchev–Trinajstić information content (AvgIpc) is 2.49. The lowest BCUT2D eigenvalue weighted by Crippen LogP contribution is -2.30. The third kappa shape index (κ3) is 4.70. The van der Waals surface area contributed by atoms with Crippen LogP contribution < -0.4 is 10.1 Å². The van der Waals surface area contributed by atoms with Gasteiger partial charge in [0.1, 0.15) is 11.9 Å². The van der Waals surface area contributed by atoms with Crippen molar-refractivity contribution in [1.82, 2.24) is 5.32 Å². The van der Waals surface area contributed by atoms with Gasteiger partial charge in [0.2, 0.25) is 0 Å². The first-order chi connectivity index (χ1) is 10.1. The molecule has 3 unspecified atom stereocenters. The average molecular weight is 356 g/mol. The maximum absolute atomic E-state index is 6.30. The van der Waals surface area contributed by atoms with Crippen LogP contribution in [0, 0.1) is 0 Å². The van der Waals surface area contributed by atoms with Gasteiger partial charge in [-0.1, -0.05) is 22.9 Å². The van der Waals surface area contributed by atoms with Gasteiger partial charge in [-0.3, -0.25) is 0 Å². The number of halogens is 1. The van der Waals surface area contributed by atoms with Crippen molar-refractivity contribution in [2.45, 2.75) is 57.8 Å². The maximum Gasteiger partial charge on any atom is 0.124 e. The van der Waals surface area contributed by atoms with Gasteiger partial charge < -0.3 is 14.8 Å². The summed E-state index contributed by atoms with van der Waals surface area (Å²) in [5, 5.41) is 3.46. The van der Waals surface area contributed by atoms with Crippen LogP contribution in [0.2, 0.25) is 0 Å². The van der Waals surface area contributed by atoms with Gasteiger partial charge in [-0.05, 0) is 50.9 Å². The SMILES string of the molecule is CCNC(C)c1cc(Br)ccc1OC1CCCC(OC)C1. The summed E-state index contributed by atoms with van der Waals surface area (Å²) in [6.45, 7) is 5.25. The fraction of sp³-hybridized carbons (Fsp3) is 0.647. The van der Waals surface area contributed by atoms with Crippen LogP contribution in [0.3, 0.4) is 0 Å². The first kappa shape index (κ1) is 16.8. The number of hydrogen-bond donors (Lipinski definition) is 1. The van der Waals surface area contributed by atoms with Crippen molar-refractivity contribution in [3.63, 3.8) is 0 Å². The number of nitrogens with one attached hydrogen (secondary N) is 1. The molecule has 4 heteroatoms. The molecule has 0 heterocycles. The van der Waals surface area contributed by atoms with Gasteiger partial charge in [-0.15, -0.1) is 0 Å². The predicted molar refractivity (Wildman–Crippen MR) is 89.9 cm³/mol. The fourth-order valence-corrected chi connectivity index (χ4v) is 3.36. The van der Waals surface area contributed by atoms with Crippen LogP contribution in [-0.2, 0) is 4.74 Å². The molecule has 118 valence electrons. The molecule has 1 fully saturated rings. The highest BCUT2D eigenvalue weighted by Crippen LogP contribution is 2.32. The summed E-state index contributed by atoms with van der Waals surface area (Å²) < 4.78 is 12.9. The fourth-order valence-electron chi connectivity index (χ4n) is 2.98. The van der Waals surface area contributed by atoms with Crippen molar-refractivity contribution >= 4 is 15.9 Å². The highest BCUT2D eigenvalue weighted by atomic mass is 79.9. The Morgan fingerprint density at radius 1 is 1.33 bits per heavy atom. The Morgan fingerprint density at radius 2 is 2.10 bits per heavy atom. The third-order valence-electron chi connectivity index (χ3n) is 4.15. The molecule has 1 aliphatic carbocycles. The molecule has 1 aromatic rings. The molecule has 0 amide bonds. The van der Waals surface area contributed by atoms with Crippen LogP contribution in [0.5, 0.6) is 5.75 Å². The summed E-state index contributed by atoms with van der Waals surface area (Å²) >= 11 is 3.56. The van der Waals surface area contributed by atoms with Crippen LogP contribution >= 0.6 is 15.9 Å². The molecule has 1 N–H and O–H groups in total. The lowest BCUT2D eigenvalue weighted by atomic mass is 9.94. The van der Waals surface area contributed by atoms with Gasteiger partial charge in [-0.25, -0.2) is 0 Å². The minimum atomic E-state index is 0.262. The van der Waals surface area contributed by atoms with Gasteiger partial charge in [-0.2, -0.15) is 0 Å². The molecule has 0 radical (unpaired) electrons. The normalized spacial score (nSPS) is 23.8. The molecule has 1 aromatic carbocycles. The molecule has 21 heavy (non-hydrogen) atoms. The van der Waals surface area contributed by atoms with E-state index in [1.54, 1.807) is 7.11 Å². The first-order valence-electron chi connectivity index (χ1n) is 7.86. The predicted octanol–water partition coefficient (Wildman–Crippen LogP) is 4.46. The van der Waals surface area contributed by atoms with Gasteiger partial charge in [0, 0.05) is 29.6 Å². The molecule has 1 saturated carbocycles. The molecule has 0 saturated heterocycles. The summed E-state index contributed by atoms with van der Waals surface area (Å²) in [4.78, 5) is 0. The monoisotopic (exact) mass is 355 g/mol.